The van der Waals surface area contributed by atoms with Gasteiger partial charge in [0.05, 0.1) is 36.8 Å². The van der Waals surface area contributed by atoms with Gasteiger partial charge in [0.2, 0.25) is 82.7 Å². The van der Waals surface area contributed by atoms with E-state index in [-0.39, 0.29) is 137 Å². The lowest BCUT2D eigenvalue weighted by Crippen LogP contribution is -2.58. The predicted octanol–water partition coefficient (Wildman–Crippen LogP) is 4.54. The Kier molecular flexibility index (Phi) is 50.8. The van der Waals surface area contributed by atoms with Crippen molar-refractivity contribution in [2.45, 2.75) is 263 Å². The number of nitrogens with one attached hydrogen (secondary N) is 9. The zero-order chi connectivity index (χ0) is 104. The molecule has 0 bridgehead atoms. The minimum Gasteiger partial charge on any atom is -0.370 e. The fraction of sp³-hybridized carbons (Fsp3) is 0.592. The summed E-state index contributed by atoms with van der Waals surface area (Å²) in [7, 11) is 0. The molecule has 14 atom stereocenters. The van der Waals surface area contributed by atoms with E-state index in [0.717, 1.165) is 33.7 Å². The second kappa shape index (κ2) is 61.1. The van der Waals surface area contributed by atoms with Crippen LogP contribution in [0.2, 0.25) is 10.0 Å². The molecule has 4 aromatic rings. The lowest BCUT2D eigenvalue weighted by molar-refractivity contribution is -0.144. The number of carbonyl (C=O) groups excluding carboxylic acids is 18. The number of unbranched alkanes of at least 4 members (excludes halogenated alkanes) is 1. The first-order chi connectivity index (χ1) is 67.7. The lowest BCUT2D eigenvalue weighted by atomic mass is 9.91. The first kappa shape index (κ1) is 118. The molecule has 0 aliphatic carbocycles. The third-order valence-corrected chi connectivity index (χ3v) is 29.6. The Bertz CT molecular complexity index is 4970. The Balaban J connectivity index is 0.000000386. The van der Waals surface area contributed by atoms with Gasteiger partial charge in [-0.15, -0.1) is 22.7 Å². The Hall–Kier alpha value is -11.1. The number of amides is 14. The largest absolute Gasteiger partial charge is 0.370 e. The van der Waals surface area contributed by atoms with Gasteiger partial charge in [0, 0.05) is 140 Å². The van der Waals surface area contributed by atoms with Crippen molar-refractivity contribution in [2.24, 2.45) is 79.9 Å². The molecule has 4 aliphatic heterocycles. The number of hydrogen-bond acceptors (Lipinski definition) is 24. The van der Waals surface area contributed by atoms with Gasteiger partial charge in [0.1, 0.15) is 59.9 Å². The van der Waals surface area contributed by atoms with E-state index in [4.69, 9.17) is 57.6 Å². The Morgan fingerprint density at radius 3 is 1.24 bits per heavy atom. The molecule has 38 nitrogen and oxygen atoms in total. The van der Waals surface area contributed by atoms with E-state index in [1.165, 1.54) is 56.0 Å². The number of guanidine groups is 2. The van der Waals surface area contributed by atoms with Crippen molar-refractivity contribution in [3.05, 3.63) is 114 Å². The number of benzene rings is 2. The fourth-order valence-corrected chi connectivity index (χ4v) is 21.0. The molecule has 21 N–H and O–H groups in total. The van der Waals surface area contributed by atoms with Crippen molar-refractivity contribution >= 4 is 187 Å². The highest BCUT2D eigenvalue weighted by atomic mass is 35.5. The highest BCUT2D eigenvalue weighted by molar-refractivity contribution is 7.99. The van der Waals surface area contributed by atoms with Crippen molar-refractivity contribution in [1.29, 1.82) is 0 Å². The van der Waals surface area contributed by atoms with Crippen LogP contribution < -0.4 is 82.3 Å². The summed E-state index contributed by atoms with van der Waals surface area (Å²) in [5.74, 6) is -14.6. The molecule has 4 saturated heterocycles. The summed E-state index contributed by atoms with van der Waals surface area (Å²) in [5.41, 5.74) is 34.7. The van der Waals surface area contributed by atoms with Crippen molar-refractivity contribution < 1.29 is 86.3 Å². The van der Waals surface area contributed by atoms with Crippen LogP contribution in [0.25, 0.3) is 0 Å². The number of carbonyl (C=O) groups is 18. The highest BCUT2D eigenvalue weighted by Crippen LogP contribution is 2.31. The van der Waals surface area contributed by atoms with E-state index in [1.807, 2.05) is 43.7 Å². The van der Waals surface area contributed by atoms with Gasteiger partial charge in [-0.2, -0.15) is 23.5 Å². The molecule has 142 heavy (non-hydrogen) atoms. The zero-order valence-corrected chi connectivity index (χ0v) is 86.8. The monoisotopic (exact) mass is 2080 g/mol. The number of thiophene rings is 2. The summed E-state index contributed by atoms with van der Waals surface area (Å²) >= 11 is 17.7. The van der Waals surface area contributed by atoms with Crippen LogP contribution in [0.3, 0.4) is 0 Å². The molecule has 4 fully saturated rings. The van der Waals surface area contributed by atoms with E-state index >= 15 is 0 Å². The number of halogens is 2. The van der Waals surface area contributed by atoms with Gasteiger partial charge in [-0.05, 0) is 179 Å². The molecule has 0 radical (unpaired) electrons. The van der Waals surface area contributed by atoms with E-state index < -0.39 is 204 Å². The number of Topliss-reactive ketones (excluding diaryl/α,β-unsaturated/α-hetero) is 4. The molecule has 14 amide bonds. The summed E-state index contributed by atoms with van der Waals surface area (Å²) in [4.78, 5) is 264. The lowest BCUT2D eigenvalue weighted by Gasteiger charge is -2.31. The minimum atomic E-state index is -1.49. The number of nitrogens with two attached hydrogens (primary N) is 6. The standard InChI is InChI=1S/2C49H71ClN10O9S2/c1-5-59(6-2)48(69)36(13-7-19-54-49(52)53)55-45(66)39-14-8-20-60(39)47(68)32-25-40(62)37(27-41(51)63)56-46(67)42(29(3)4)58-44(65)38(26-35-12-10-22-71-35)57-43(64)31(23-30-15-17-33(50)18-16-30)24-34(61)11-9-21-70-28-32;1-4-5-18-54-44(65)36(12-6-19-55-49(52)53)56-46(67)39-13-7-20-60(39)48(69)32-25-40(62)37(27-41(51)63)57-47(68)42(29(2)3)59-45(66)38(26-35-11-9-22-71-35)58-43(64)31(23-30-14-16-33(50)17-15-30)24-34(61)10-8-21-70-28-32/h10,12,15-18,22,29,31-32,36-39,42H,5-9,11,13-14,19-21,23-28H2,1-4H3,(H2,51,63)(H,55,66)(H,56,67)(H,57,64)(H,58,65)(H4,52,53,54);9,11,14-17,22,29,31-32,36-39,42H,4-8,10,12-13,18-21,23-28H2,1-3H3,(H2,51,63)(H,54,65)(H,56,67)(H,57,68)(H,58,64)(H,59,66)(H4,52,53,55)/t2*31-,32+,36-,37+,38+,39+,42+/m11/s1. The molecular formula is C98H142Cl2N20O18S4. The summed E-state index contributed by atoms with van der Waals surface area (Å²) in [6.45, 7) is 14.4. The molecular weight excluding hydrogens is 1940 g/mol. The molecule has 2 aromatic heterocycles. The summed E-state index contributed by atoms with van der Waals surface area (Å²) in [6, 6.07) is 9.42. The van der Waals surface area contributed by atoms with E-state index in [1.54, 1.807) is 93.3 Å². The van der Waals surface area contributed by atoms with Crippen LogP contribution in [0.5, 0.6) is 0 Å². The van der Waals surface area contributed by atoms with Crippen LogP contribution in [0, 0.1) is 35.5 Å². The minimum absolute atomic E-state index is 0.0754. The van der Waals surface area contributed by atoms with Crippen molar-refractivity contribution in [3.8, 4) is 0 Å². The number of likely N-dealkylation sites (tertiary alicyclic amines) is 2. The van der Waals surface area contributed by atoms with Crippen molar-refractivity contribution in [1.82, 2.24) is 62.6 Å². The number of aliphatic imine (C=N–C) groups is 2. The number of rotatable bonds is 35. The maximum atomic E-state index is 14.7. The maximum Gasteiger partial charge on any atom is 0.245 e. The molecule has 2 aromatic carbocycles. The molecule has 6 heterocycles. The van der Waals surface area contributed by atoms with Gasteiger partial charge in [-0.3, -0.25) is 96.3 Å². The van der Waals surface area contributed by atoms with Gasteiger partial charge >= 0.3 is 0 Å². The first-order valence-electron chi connectivity index (χ1n) is 48.7. The Morgan fingerprint density at radius 2 is 0.873 bits per heavy atom. The van der Waals surface area contributed by atoms with Gasteiger partial charge in [-0.1, -0.05) is 101 Å². The van der Waals surface area contributed by atoms with Crippen LogP contribution in [-0.4, -0.2) is 262 Å². The average molecular weight is 2090 g/mol. The second-order valence-electron chi connectivity index (χ2n) is 36.8. The Morgan fingerprint density at radius 1 is 0.479 bits per heavy atom. The van der Waals surface area contributed by atoms with Gasteiger partial charge < -0.3 is 97.0 Å². The van der Waals surface area contributed by atoms with Crippen molar-refractivity contribution in [3.63, 3.8) is 0 Å². The van der Waals surface area contributed by atoms with Crippen LogP contribution in [-0.2, 0) is 112 Å². The molecule has 780 valence electrons. The topological polar surface area (TPSA) is 606 Å². The van der Waals surface area contributed by atoms with E-state index in [2.05, 4.69) is 57.8 Å². The molecule has 44 heteroatoms. The molecule has 0 saturated carbocycles. The van der Waals surface area contributed by atoms with Gasteiger partial charge in [0.15, 0.2) is 23.5 Å². The number of nitrogens with zero attached hydrogens (tertiary/aromatic N) is 5. The van der Waals surface area contributed by atoms with Crippen molar-refractivity contribution in [2.75, 3.05) is 68.8 Å². The Labute approximate surface area is 856 Å². The average Bonchev–Trinajstić information content (AvgIpc) is 1.65. The highest BCUT2D eigenvalue weighted by Gasteiger charge is 2.45. The van der Waals surface area contributed by atoms with Crippen LogP contribution >= 0.6 is 69.4 Å². The number of ketones is 4. The zero-order valence-electron chi connectivity index (χ0n) is 82.0. The number of likely N-dealkylation sites (N-methyl/N-ethyl adjacent to an activating group) is 1. The number of primary amides is 2. The summed E-state index contributed by atoms with van der Waals surface area (Å²) in [6.07, 6.45) is 3.41. The van der Waals surface area contributed by atoms with Gasteiger partial charge in [-0.25, -0.2) is 0 Å². The quantitative estimate of drug-likeness (QED) is 0.0171. The maximum absolute atomic E-state index is 14.7. The number of thioether (sulfide) groups is 2. The third-order valence-electron chi connectivity index (χ3n) is 24.9. The van der Waals surface area contributed by atoms with Gasteiger partial charge in [0.25, 0.3) is 0 Å². The smallest absolute Gasteiger partial charge is 0.245 e. The normalized spacial score (nSPS) is 22.7. The SMILES string of the molecule is CCCCNC(=O)[C@@H](CCCN=C(N)N)NC(=O)[C@@H]1CCCN1C(=O)[C@@H]1CSCCCC(=O)C[C@@H](Cc2ccc(Cl)cc2)C(=O)N[C@@H](Cc2cccs2)C(=O)N[C@@H](C(C)C)C(=O)N[C@@H](CC(N)=O)C(=O)C1.CCN(CC)C(=O)[C@@H](CCCN=C(N)N)NC(=O)[C@@H]1CCCN1C(=O)[C@@H]1CSCCCC(=O)C[C@@H](Cc2ccc(Cl)cc2)C(=O)N[C@@H](Cc2cccs2)C(=O)N[C@@H](C(C)C)C(=O)N[C@@H](CC(N)=O)C(=O)C1. The predicted molar refractivity (Wildman–Crippen MR) is 550 cm³/mol. The van der Waals surface area contributed by atoms with Crippen LogP contribution in [0.4, 0.5) is 0 Å². The fourth-order valence-electron chi connectivity index (χ4n) is 17.1. The van der Waals surface area contributed by atoms with Crippen LogP contribution in [0.15, 0.2) is 93.5 Å². The molecule has 0 spiro atoms. The van der Waals surface area contributed by atoms with Crippen LogP contribution in [0.1, 0.15) is 198 Å². The number of hydrogen-bond donors (Lipinski definition) is 15. The van der Waals surface area contributed by atoms with E-state index in [9.17, 15) is 86.3 Å². The molecule has 4 aliphatic rings. The molecule has 0 unspecified atom stereocenters. The third kappa shape index (κ3) is 39.9. The second-order valence-corrected chi connectivity index (χ2v) is 42.0. The molecule has 8 rings (SSSR count). The summed E-state index contributed by atoms with van der Waals surface area (Å²) in [5, 5.41) is 29.7. The first-order valence-corrected chi connectivity index (χ1v) is 53.6. The summed E-state index contributed by atoms with van der Waals surface area (Å²) < 4.78 is 0. The van der Waals surface area contributed by atoms with E-state index in [0.29, 0.717) is 92.6 Å².